The van der Waals surface area contributed by atoms with Gasteiger partial charge in [0.2, 0.25) is 0 Å². The molecule has 2 rings (SSSR count). The molecule has 0 spiro atoms. The number of nitrogens with zero attached hydrogens (tertiary/aromatic N) is 1. The van der Waals surface area contributed by atoms with Crippen molar-refractivity contribution in [3.63, 3.8) is 0 Å². The van der Waals surface area contributed by atoms with E-state index in [4.69, 9.17) is 0 Å². The van der Waals surface area contributed by atoms with Crippen LogP contribution in [0.3, 0.4) is 0 Å². The van der Waals surface area contributed by atoms with Gasteiger partial charge in [0, 0.05) is 17.2 Å². The molecule has 17 heavy (non-hydrogen) atoms. The number of halogens is 1. The summed E-state index contributed by atoms with van der Waals surface area (Å²) in [7, 11) is 0. The van der Waals surface area contributed by atoms with E-state index >= 15 is 0 Å². The smallest absolute Gasteiger partial charge is 0.0540 e. The fourth-order valence-corrected chi connectivity index (χ4v) is 2.25. The maximum absolute atomic E-state index is 4.12. The van der Waals surface area contributed by atoms with Gasteiger partial charge in [0.15, 0.2) is 0 Å². The van der Waals surface area contributed by atoms with Crippen molar-refractivity contribution in [2.75, 3.05) is 5.32 Å². The van der Waals surface area contributed by atoms with E-state index < -0.39 is 0 Å². The third kappa shape index (κ3) is 3.56. The Kier molecular flexibility index (Phi) is 3.79. The van der Waals surface area contributed by atoms with Gasteiger partial charge in [-0.2, -0.15) is 0 Å². The quantitative estimate of drug-likeness (QED) is 0.922. The number of hydrogen-bond donors (Lipinski definition) is 1. The summed E-state index contributed by atoms with van der Waals surface area (Å²) in [5.41, 5.74) is 4.92. The highest BCUT2D eigenvalue weighted by atomic mass is 79.9. The largest absolute Gasteiger partial charge is 0.380 e. The summed E-state index contributed by atoms with van der Waals surface area (Å²) in [5, 5.41) is 3.36. The minimum Gasteiger partial charge on any atom is -0.380 e. The molecular weight excluding hydrogens is 276 g/mol. The average Bonchev–Trinajstić information content (AvgIpc) is 2.25. The molecule has 0 aliphatic rings. The summed E-state index contributed by atoms with van der Waals surface area (Å²) in [6.45, 7) is 5.06. The number of hydrogen-bond acceptors (Lipinski definition) is 2. The lowest BCUT2D eigenvalue weighted by molar-refractivity contribution is 1.12. The lowest BCUT2D eigenvalue weighted by Crippen LogP contribution is -2.00. The highest BCUT2D eigenvalue weighted by Gasteiger charge is 1.97. The van der Waals surface area contributed by atoms with Crippen molar-refractivity contribution in [1.82, 2.24) is 4.98 Å². The molecule has 0 fully saturated rings. The standard InChI is InChI=1S/C14H15BrN2/c1-10-3-11(2)5-12(4-10)7-17-14-6-13(15)8-16-9-14/h3-6,8-9,17H,7H2,1-2H3. The van der Waals surface area contributed by atoms with Crippen LogP contribution in [0.15, 0.2) is 41.1 Å². The van der Waals surface area contributed by atoms with Crippen molar-refractivity contribution in [2.24, 2.45) is 0 Å². The van der Waals surface area contributed by atoms with Crippen molar-refractivity contribution in [1.29, 1.82) is 0 Å². The van der Waals surface area contributed by atoms with Gasteiger partial charge in [-0.3, -0.25) is 4.98 Å². The molecule has 0 atom stereocenters. The molecule has 0 radical (unpaired) electrons. The molecule has 0 saturated carbocycles. The SMILES string of the molecule is Cc1cc(C)cc(CNc2cncc(Br)c2)c1. The lowest BCUT2D eigenvalue weighted by atomic mass is 10.1. The zero-order valence-corrected chi connectivity index (χ0v) is 11.6. The number of pyridine rings is 1. The van der Waals surface area contributed by atoms with Crippen LogP contribution in [0.2, 0.25) is 0 Å². The van der Waals surface area contributed by atoms with Crippen LogP contribution in [0.4, 0.5) is 5.69 Å². The first-order valence-corrected chi connectivity index (χ1v) is 6.34. The number of benzene rings is 1. The summed E-state index contributed by atoms with van der Waals surface area (Å²) >= 11 is 3.41. The Labute approximate surface area is 110 Å². The molecule has 2 aromatic rings. The van der Waals surface area contributed by atoms with Gasteiger partial charge in [0.1, 0.15) is 0 Å². The summed E-state index contributed by atoms with van der Waals surface area (Å²) < 4.78 is 0.989. The molecule has 0 aliphatic heterocycles. The maximum Gasteiger partial charge on any atom is 0.0540 e. The molecule has 3 heteroatoms. The first kappa shape index (κ1) is 12.1. The van der Waals surface area contributed by atoms with E-state index in [1.165, 1.54) is 16.7 Å². The molecule has 0 amide bonds. The molecule has 0 bridgehead atoms. The van der Waals surface area contributed by atoms with Gasteiger partial charge in [-0.15, -0.1) is 0 Å². The van der Waals surface area contributed by atoms with Gasteiger partial charge >= 0.3 is 0 Å². The van der Waals surface area contributed by atoms with E-state index in [9.17, 15) is 0 Å². The first-order valence-electron chi connectivity index (χ1n) is 5.55. The summed E-state index contributed by atoms with van der Waals surface area (Å²) in [4.78, 5) is 4.12. The van der Waals surface area contributed by atoms with Crippen LogP contribution in [-0.4, -0.2) is 4.98 Å². The number of aryl methyl sites for hydroxylation is 2. The Morgan fingerprint density at radius 3 is 2.41 bits per heavy atom. The molecule has 88 valence electrons. The van der Waals surface area contributed by atoms with Crippen LogP contribution in [0, 0.1) is 13.8 Å². The molecule has 0 unspecified atom stereocenters. The third-order valence-electron chi connectivity index (χ3n) is 2.48. The Bertz CT molecular complexity index is 503. The first-order chi connectivity index (χ1) is 8.13. The fraction of sp³-hybridized carbons (Fsp3) is 0.214. The second kappa shape index (κ2) is 5.32. The monoisotopic (exact) mass is 290 g/mol. The van der Waals surface area contributed by atoms with E-state index in [1.54, 1.807) is 6.20 Å². The van der Waals surface area contributed by atoms with Crippen LogP contribution in [0.25, 0.3) is 0 Å². The molecule has 2 nitrogen and oxygen atoms in total. The van der Waals surface area contributed by atoms with E-state index in [-0.39, 0.29) is 0 Å². The molecular formula is C14H15BrN2. The van der Waals surface area contributed by atoms with Crippen LogP contribution in [0.1, 0.15) is 16.7 Å². The van der Waals surface area contributed by atoms with E-state index in [2.05, 4.69) is 58.3 Å². The molecule has 1 aromatic heterocycles. The average molecular weight is 291 g/mol. The zero-order chi connectivity index (χ0) is 12.3. The van der Waals surface area contributed by atoms with Crippen LogP contribution >= 0.6 is 15.9 Å². The summed E-state index contributed by atoms with van der Waals surface area (Å²) in [5.74, 6) is 0. The number of anilines is 1. The molecule has 1 N–H and O–H groups in total. The summed E-state index contributed by atoms with van der Waals surface area (Å²) in [6, 6.07) is 8.61. The van der Waals surface area contributed by atoms with Crippen LogP contribution in [-0.2, 0) is 6.54 Å². The van der Waals surface area contributed by atoms with Crippen LogP contribution in [0.5, 0.6) is 0 Å². The Balaban J connectivity index is 2.07. The van der Waals surface area contributed by atoms with Crippen molar-refractivity contribution in [2.45, 2.75) is 20.4 Å². The van der Waals surface area contributed by atoms with Crippen LogP contribution < -0.4 is 5.32 Å². The second-order valence-corrected chi connectivity index (χ2v) is 5.16. The van der Waals surface area contributed by atoms with Gasteiger partial charge in [0.05, 0.1) is 11.9 Å². The Morgan fingerprint density at radius 2 is 1.76 bits per heavy atom. The van der Waals surface area contributed by atoms with Gasteiger partial charge in [-0.05, 0) is 41.4 Å². The molecule has 0 saturated heterocycles. The van der Waals surface area contributed by atoms with Crippen molar-refractivity contribution in [3.8, 4) is 0 Å². The van der Waals surface area contributed by atoms with Crippen molar-refractivity contribution in [3.05, 3.63) is 57.8 Å². The van der Waals surface area contributed by atoms with E-state index in [0.29, 0.717) is 0 Å². The minimum absolute atomic E-state index is 0.820. The highest BCUT2D eigenvalue weighted by Crippen LogP contribution is 2.15. The second-order valence-electron chi connectivity index (χ2n) is 4.24. The third-order valence-corrected chi connectivity index (χ3v) is 2.92. The number of rotatable bonds is 3. The maximum atomic E-state index is 4.12. The van der Waals surface area contributed by atoms with Gasteiger partial charge in [0.25, 0.3) is 0 Å². The normalized spacial score (nSPS) is 10.3. The Hall–Kier alpha value is -1.35. The molecule has 1 heterocycles. The molecule has 1 aromatic carbocycles. The topological polar surface area (TPSA) is 24.9 Å². The van der Waals surface area contributed by atoms with Crippen molar-refractivity contribution < 1.29 is 0 Å². The predicted octanol–water partition coefficient (Wildman–Crippen LogP) is 4.07. The predicted molar refractivity (Wildman–Crippen MR) is 75.2 cm³/mol. The minimum atomic E-state index is 0.820. The summed E-state index contributed by atoms with van der Waals surface area (Å²) in [6.07, 6.45) is 3.61. The number of nitrogens with one attached hydrogen (secondary N) is 1. The zero-order valence-electron chi connectivity index (χ0n) is 10.00. The Morgan fingerprint density at radius 1 is 1.06 bits per heavy atom. The molecule has 0 aliphatic carbocycles. The lowest BCUT2D eigenvalue weighted by Gasteiger charge is -2.08. The highest BCUT2D eigenvalue weighted by molar-refractivity contribution is 9.10. The van der Waals surface area contributed by atoms with Gasteiger partial charge < -0.3 is 5.32 Å². The van der Waals surface area contributed by atoms with E-state index in [1.807, 2.05) is 12.3 Å². The van der Waals surface area contributed by atoms with Gasteiger partial charge in [-0.25, -0.2) is 0 Å². The fourth-order valence-electron chi connectivity index (χ4n) is 1.88. The van der Waals surface area contributed by atoms with Crippen molar-refractivity contribution >= 4 is 21.6 Å². The van der Waals surface area contributed by atoms with E-state index in [0.717, 1.165) is 16.7 Å². The van der Waals surface area contributed by atoms with Gasteiger partial charge in [-0.1, -0.05) is 29.3 Å². The number of aromatic nitrogens is 1.